The van der Waals surface area contributed by atoms with E-state index < -0.39 is 5.82 Å². The van der Waals surface area contributed by atoms with Crippen molar-refractivity contribution in [3.05, 3.63) is 17.9 Å². The van der Waals surface area contributed by atoms with E-state index in [1.165, 1.54) is 26.4 Å². The number of halogens is 2. The Balaban J connectivity index is 0.00000220. The van der Waals surface area contributed by atoms with Gasteiger partial charge in [-0.05, 0) is 19.4 Å². The lowest BCUT2D eigenvalue weighted by atomic mass is 10.0. The van der Waals surface area contributed by atoms with Crippen LogP contribution in [0.5, 0.6) is 11.5 Å². The van der Waals surface area contributed by atoms with Crippen molar-refractivity contribution in [2.45, 2.75) is 25.3 Å². The molecule has 1 atom stereocenters. The van der Waals surface area contributed by atoms with Crippen LogP contribution in [0.25, 0.3) is 0 Å². The first-order valence-corrected chi connectivity index (χ1v) is 6.61. The number of nitrogens with one attached hydrogen (secondary N) is 2. The summed E-state index contributed by atoms with van der Waals surface area (Å²) in [5.74, 6) is -0.109. The van der Waals surface area contributed by atoms with E-state index in [4.69, 9.17) is 9.47 Å². The monoisotopic (exact) mass is 318 g/mol. The number of methoxy groups -OCH3 is 2. The van der Waals surface area contributed by atoms with Crippen LogP contribution in [0, 0.1) is 5.82 Å². The number of amides is 1. The highest BCUT2D eigenvalue weighted by Crippen LogP contribution is 2.32. The molecule has 0 bridgehead atoms. The Bertz CT molecular complexity index is 493. The normalized spacial score (nSPS) is 17.6. The summed E-state index contributed by atoms with van der Waals surface area (Å²) < 4.78 is 24.0. The van der Waals surface area contributed by atoms with Crippen LogP contribution in [0.1, 0.15) is 19.3 Å². The zero-order valence-corrected chi connectivity index (χ0v) is 12.9. The van der Waals surface area contributed by atoms with Gasteiger partial charge in [0.25, 0.3) is 0 Å². The molecular formula is C14H20ClFN2O3. The third kappa shape index (κ3) is 4.22. The fraction of sp³-hybridized carbons (Fsp3) is 0.500. The van der Waals surface area contributed by atoms with Gasteiger partial charge < -0.3 is 20.1 Å². The molecule has 1 unspecified atom stereocenters. The van der Waals surface area contributed by atoms with Gasteiger partial charge in [-0.3, -0.25) is 4.79 Å². The van der Waals surface area contributed by atoms with Crippen LogP contribution >= 0.6 is 12.4 Å². The summed E-state index contributed by atoms with van der Waals surface area (Å²) >= 11 is 0. The fourth-order valence-electron chi connectivity index (χ4n) is 2.25. The molecule has 1 aliphatic rings. The van der Waals surface area contributed by atoms with Crippen molar-refractivity contribution in [3.63, 3.8) is 0 Å². The van der Waals surface area contributed by atoms with Gasteiger partial charge >= 0.3 is 0 Å². The van der Waals surface area contributed by atoms with E-state index in [2.05, 4.69) is 10.6 Å². The molecule has 2 N–H and O–H groups in total. The van der Waals surface area contributed by atoms with Crippen molar-refractivity contribution in [2.24, 2.45) is 0 Å². The van der Waals surface area contributed by atoms with Crippen LogP contribution in [0.4, 0.5) is 10.1 Å². The average molecular weight is 319 g/mol. The molecule has 0 spiro atoms. The molecule has 1 aromatic rings. The standard InChI is InChI=1S/C14H19FN2O3.ClH/c1-19-12-7-9(15)11(8-13(12)20-2)17-14(18)10-5-3-4-6-16-10;/h7-8,10,16H,3-6H2,1-2H3,(H,17,18);1H. The second-order valence-corrected chi connectivity index (χ2v) is 4.68. The molecule has 118 valence electrons. The Morgan fingerprint density at radius 2 is 1.95 bits per heavy atom. The Hall–Kier alpha value is -1.53. The number of ether oxygens (including phenoxy) is 2. The van der Waals surface area contributed by atoms with Crippen LogP contribution in [-0.2, 0) is 4.79 Å². The molecule has 7 heteroatoms. The second kappa shape index (κ2) is 8.05. The third-order valence-electron chi connectivity index (χ3n) is 3.36. The van der Waals surface area contributed by atoms with E-state index in [-0.39, 0.29) is 30.0 Å². The van der Waals surface area contributed by atoms with E-state index in [9.17, 15) is 9.18 Å². The second-order valence-electron chi connectivity index (χ2n) is 4.68. The minimum Gasteiger partial charge on any atom is -0.493 e. The minimum absolute atomic E-state index is 0. The highest BCUT2D eigenvalue weighted by Gasteiger charge is 2.22. The summed E-state index contributed by atoms with van der Waals surface area (Å²) in [6, 6.07) is 2.36. The molecule has 1 amide bonds. The lowest BCUT2D eigenvalue weighted by Crippen LogP contribution is -2.43. The summed E-state index contributed by atoms with van der Waals surface area (Å²) in [5.41, 5.74) is 0.0972. The van der Waals surface area contributed by atoms with Crippen molar-refractivity contribution < 1.29 is 18.7 Å². The lowest BCUT2D eigenvalue weighted by molar-refractivity contribution is -0.118. The Morgan fingerprint density at radius 3 is 2.52 bits per heavy atom. The van der Waals surface area contributed by atoms with E-state index in [0.717, 1.165) is 25.8 Å². The van der Waals surface area contributed by atoms with E-state index in [1.807, 2.05) is 0 Å². The number of hydrogen-bond acceptors (Lipinski definition) is 4. The smallest absolute Gasteiger partial charge is 0.241 e. The minimum atomic E-state index is -0.549. The van der Waals surface area contributed by atoms with Crippen molar-refractivity contribution >= 4 is 24.0 Å². The highest BCUT2D eigenvalue weighted by molar-refractivity contribution is 5.95. The number of rotatable bonds is 4. The van der Waals surface area contributed by atoms with Gasteiger partial charge in [-0.2, -0.15) is 0 Å². The van der Waals surface area contributed by atoms with Crippen molar-refractivity contribution in [1.82, 2.24) is 5.32 Å². The predicted octanol–water partition coefficient (Wildman–Crippen LogP) is 2.35. The fourth-order valence-corrected chi connectivity index (χ4v) is 2.25. The quantitative estimate of drug-likeness (QED) is 0.894. The molecule has 1 aliphatic heterocycles. The topological polar surface area (TPSA) is 59.6 Å². The van der Waals surface area contributed by atoms with Gasteiger partial charge in [-0.1, -0.05) is 6.42 Å². The van der Waals surface area contributed by atoms with Gasteiger partial charge in [0.1, 0.15) is 0 Å². The number of hydrogen-bond donors (Lipinski definition) is 2. The summed E-state index contributed by atoms with van der Waals surface area (Å²) in [4.78, 5) is 12.1. The zero-order chi connectivity index (χ0) is 14.5. The van der Waals surface area contributed by atoms with E-state index in [0.29, 0.717) is 11.5 Å². The molecule has 21 heavy (non-hydrogen) atoms. The molecule has 0 saturated carbocycles. The first-order valence-electron chi connectivity index (χ1n) is 6.61. The molecule has 0 radical (unpaired) electrons. The lowest BCUT2D eigenvalue weighted by Gasteiger charge is -2.22. The maximum atomic E-state index is 13.9. The van der Waals surface area contributed by atoms with E-state index >= 15 is 0 Å². The van der Waals surface area contributed by atoms with Crippen LogP contribution < -0.4 is 20.1 Å². The maximum Gasteiger partial charge on any atom is 0.241 e. The highest BCUT2D eigenvalue weighted by atomic mass is 35.5. The summed E-state index contributed by atoms with van der Waals surface area (Å²) in [5, 5.41) is 5.71. The molecule has 1 saturated heterocycles. The Labute approximate surface area is 129 Å². The van der Waals surface area contributed by atoms with Crippen LogP contribution in [-0.4, -0.2) is 32.7 Å². The van der Waals surface area contributed by atoms with Crippen molar-refractivity contribution in [1.29, 1.82) is 0 Å². The van der Waals surface area contributed by atoms with Gasteiger partial charge in [0.2, 0.25) is 5.91 Å². The van der Waals surface area contributed by atoms with Crippen molar-refractivity contribution in [2.75, 3.05) is 26.1 Å². The molecule has 1 heterocycles. The van der Waals surface area contributed by atoms with Crippen LogP contribution in [0.2, 0.25) is 0 Å². The average Bonchev–Trinajstić information content (AvgIpc) is 2.49. The van der Waals surface area contributed by atoms with E-state index in [1.54, 1.807) is 0 Å². The van der Waals surface area contributed by atoms with Crippen LogP contribution in [0.3, 0.4) is 0 Å². The molecule has 2 rings (SSSR count). The van der Waals surface area contributed by atoms with Gasteiger partial charge in [-0.25, -0.2) is 4.39 Å². The first kappa shape index (κ1) is 17.5. The van der Waals surface area contributed by atoms with Gasteiger partial charge in [-0.15, -0.1) is 12.4 Å². The van der Waals surface area contributed by atoms with Gasteiger partial charge in [0.05, 0.1) is 25.9 Å². The number of anilines is 1. The first-order chi connectivity index (χ1) is 9.65. The molecule has 5 nitrogen and oxygen atoms in total. The Morgan fingerprint density at radius 1 is 1.29 bits per heavy atom. The van der Waals surface area contributed by atoms with Gasteiger partial charge in [0, 0.05) is 12.1 Å². The largest absolute Gasteiger partial charge is 0.493 e. The summed E-state index contributed by atoms with van der Waals surface area (Å²) in [7, 11) is 2.89. The molecule has 1 fully saturated rings. The number of carbonyl (C=O) groups is 1. The zero-order valence-electron chi connectivity index (χ0n) is 12.1. The Kier molecular flexibility index (Phi) is 6.71. The predicted molar refractivity (Wildman–Crippen MR) is 81.0 cm³/mol. The molecule has 0 aromatic heterocycles. The molecular weight excluding hydrogens is 299 g/mol. The number of benzene rings is 1. The summed E-state index contributed by atoms with van der Waals surface area (Å²) in [6.07, 6.45) is 2.83. The molecule has 0 aliphatic carbocycles. The van der Waals surface area contributed by atoms with Gasteiger partial charge in [0.15, 0.2) is 17.3 Å². The SMILES string of the molecule is COc1cc(F)c(NC(=O)C2CCCCN2)cc1OC.Cl. The number of carbonyl (C=O) groups excluding carboxylic acids is 1. The summed E-state index contributed by atoms with van der Waals surface area (Å²) in [6.45, 7) is 0.812. The molecule has 1 aromatic carbocycles. The van der Waals surface area contributed by atoms with Crippen LogP contribution in [0.15, 0.2) is 12.1 Å². The third-order valence-corrected chi connectivity index (χ3v) is 3.36. The van der Waals surface area contributed by atoms with Crippen molar-refractivity contribution in [3.8, 4) is 11.5 Å². The maximum absolute atomic E-state index is 13.9. The number of piperidine rings is 1.